The predicted octanol–water partition coefficient (Wildman–Crippen LogP) is 2.77. The summed E-state index contributed by atoms with van der Waals surface area (Å²) in [7, 11) is 0. The molecule has 2 N–H and O–H groups in total. The first-order valence-corrected chi connectivity index (χ1v) is 8.94. The van der Waals surface area contributed by atoms with E-state index < -0.39 is 17.8 Å². The van der Waals surface area contributed by atoms with Crippen molar-refractivity contribution in [1.29, 1.82) is 0 Å². The zero-order valence-electron chi connectivity index (χ0n) is 15.5. The van der Waals surface area contributed by atoms with Gasteiger partial charge in [0.25, 0.3) is 0 Å². The van der Waals surface area contributed by atoms with Crippen molar-refractivity contribution in [1.82, 2.24) is 15.1 Å². The molecule has 0 spiro atoms. The zero-order valence-corrected chi connectivity index (χ0v) is 15.5. The van der Waals surface area contributed by atoms with Gasteiger partial charge in [-0.2, -0.15) is 13.2 Å². The lowest BCUT2D eigenvalue weighted by molar-refractivity contribution is -0.137. The number of nitrogens with zero attached hydrogens (tertiary/aromatic N) is 2. The Morgan fingerprint density at radius 2 is 1.78 bits per heavy atom. The molecule has 1 aromatic rings. The molecule has 6 nitrogen and oxygen atoms in total. The van der Waals surface area contributed by atoms with Crippen molar-refractivity contribution in [2.45, 2.75) is 32.5 Å². The van der Waals surface area contributed by atoms with Crippen LogP contribution in [0.25, 0.3) is 0 Å². The molecule has 1 saturated heterocycles. The van der Waals surface area contributed by atoms with Crippen LogP contribution in [0, 0.1) is 0 Å². The van der Waals surface area contributed by atoms with Crippen LogP contribution < -0.4 is 10.6 Å². The van der Waals surface area contributed by atoms with Crippen LogP contribution in [-0.2, 0) is 11.0 Å². The van der Waals surface area contributed by atoms with Gasteiger partial charge < -0.3 is 15.5 Å². The number of amides is 3. The lowest BCUT2D eigenvalue weighted by Crippen LogP contribution is -2.52. The van der Waals surface area contributed by atoms with Crippen molar-refractivity contribution in [2.75, 3.05) is 38.0 Å². The van der Waals surface area contributed by atoms with Gasteiger partial charge in [-0.1, -0.05) is 19.1 Å². The second-order valence-electron chi connectivity index (χ2n) is 6.61. The average molecular weight is 386 g/mol. The lowest BCUT2D eigenvalue weighted by atomic mass is 10.1. The highest BCUT2D eigenvalue weighted by molar-refractivity contribution is 5.90. The second-order valence-corrected chi connectivity index (χ2v) is 6.61. The van der Waals surface area contributed by atoms with Crippen molar-refractivity contribution in [3.8, 4) is 0 Å². The normalized spacial score (nSPS) is 16.7. The number of rotatable bonds is 5. The Kier molecular flexibility index (Phi) is 7.06. The summed E-state index contributed by atoms with van der Waals surface area (Å²) in [6.45, 7) is 5.83. The topological polar surface area (TPSA) is 64.7 Å². The summed E-state index contributed by atoms with van der Waals surface area (Å²) in [5.41, 5.74) is -1.14. The molecule has 9 heteroatoms. The summed E-state index contributed by atoms with van der Waals surface area (Å²) < 4.78 is 39.1. The fraction of sp³-hybridized carbons (Fsp3) is 0.556. The van der Waals surface area contributed by atoms with Crippen LogP contribution in [0.3, 0.4) is 0 Å². The SMILES string of the molecule is CCC(C)NC(=O)CN1CCN(C(=O)Nc2ccccc2C(F)(F)F)CC1. The maximum absolute atomic E-state index is 13.0. The highest BCUT2D eigenvalue weighted by Crippen LogP contribution is 2.34. The van der Waals surface area contributed by atoms with Crippen LogP contribution >= 0.6 is 0 Å². The molecule has 0 aliphatic carbocycles. The molecule has 1 aromatic carbocycles. The Morgan fingerprint density at radius 1 is 1.15 bits per heavy atom. The standard InChI is InChI=1S/C18H25F3N4O2/c1-3-13(2)22-16(26)12-24-8-10-25(11-9-24)17(27)23-15-7-5-4-6-14(15)18(19,20)21/h4-7,13H,3,8-12H2,1-2H3,(H,22,26)(H,23,27). The average Bonchev–Trinajstić information content (AvgIpc) is 2.61. The summed E-state index contributed by atoms with van der Waals surface area (Å²) in [6.07, 6.45) is -3.69. The molecule has 1 heterocycles. The van der Waals surface area contributed by atoms with E-state index in [1.54, 1.807) is 0 Å². The van der Waals surface area contributed by atoms with Gasteiger partial charge in [0.15, 0.2) is 0 Å². The number of hydrogen-bond acceptors (Lipinski definition) is 3. The number of carbonyl (C=O) groups is 2. The minimum Gasteiger partial charge on any atom is -0.353 e. The minimum absolute atomic E-state index is 0.0682. The van der Waals surface area contributed by atoms with Gasteiger partial charge in [-0.15, -0.1) is 0 Å². The van der Waals surface area contributed by atoms with Gasteiger partial charge in [-0.3, -0.25) is 9.69 Å². The summed E-state index contributed by atoms with van der Waals surface area (Å²) in [6, 6.07) is 4.42. The Labute approximate surface area is 156 Å². The van der Waals surface area contributed by atoms with Crippen LogP contribution in [0.4, 0.5) is 23.7 Å². The summed E-state index contributed by atoms with van der Waals surface area (Å²) in [5, 5.41) is 5.23. The first kappa shape index (κ1) is 21.0. The lowest BCUT2D eigenvalue weighted by Gasteiger charge is -2.34. The van der Waals surface area contributed by atoms with Gasteiger partial charge in [-0.05, 0) is 25.5 Å². The summed E-state index contributed by atoms with van der Waals surface area (Å²) >= 11 is 0. The van der Waals surface area contributed by atoms with E-state index in [0.717, 1.165) is 12.5 Å². The maximum atomic E-state index is 13.0. The van der Waals surface area contributed by atoms with E-state index in [1.165, 1.54) is 23.1 Å². The number of benzene rings is 1. The molecule has 1 atom stereocenters. The Hall–Kier alpha value is -2.29. The monoisotopic (exact) mass is 386 g/mol. The van der Waals surface area contributed by atoms with Gasteiger partial charge in [-0.25, -0.2) is 4.79 Å². The molecule has 1 unspecified atom stereocenters. The van der Waals surface area contributed by atoms with Gasteiger partial charge in [0.05, 0.1) is 17.8 Å². The largest absolute Gasteiger partial charge is 0.418 e. The third-order valence-corrected chi connectivity index (χ3v) is 4.52. The molecular formula is C18H25F3N4O2. The van der Waals surface area contributed by atoms with Gasteiger partial charge >= 0.3 is 12.2 Å². The predicted molar refractivity (Wildman–Crippen MR) is 96.4 cm³/mol. The Morgan fingerprint density at radius 3 is 2.37 bits per heavy atom. The highest BCUT2D eigenvalue weighted by Gasteiger charge is 2.34. The summed E-state index contributed by atoms with van der Waals surface area (Å²) in [4.78, 5) is 27.6. The van der Waals surface area contributed by atoms with Crippen LogP contribution in [0.2, 0.25) is 0 Å². The molecule has 27 heavy (non-hydrogen) atoms. The van der Waals surface area contributed by atoms with E-state index in [4.69, 9.17) is 0 Å². The number of anilines is 1. The number of urea groups is 1. The van der Waals surface area contributed by atoms with E-state index in [9.17, 15) is 22.8 Å². The number of para-hydroxylation sites is 1. The first-order chi connectivity index (χ1) is 12.7. The van der Waals surface area contributed by atoms with Crippen molar-refractivity contribution in [2.24, 2.45) is 0 Å². The highest BCUT2D eigenvalue weighted by atomic mass is 19.4. The molecular weight excluding hydrogens is 361 g/mol. The van der Waals surface area contributed by atoms with Crippen molar-refractivity contribution >= 4 is 17.6 Å². The molecule has 150 valence electrons. The van der Waals surface area contributed by atoms with E-state index >= 15 is 0 Å². The Bertz CT molecular complexity index is 658. The van der Waals surface area contributed by atoms with E-state index in [1.807, 2.05) is 18.7 Å². The quantitative estimate of drug-likeness (QED) is 0.818. The number of carbonyl (C=O) groups excluding carboxylic acids is 2. The number of piperazine rings is 1. The summed E-state index contributed by atoms with van der Waals surface area (Å²) in [5.74, 6) is -0.0682. The van der Waals surface area contributed by atoms with Gasteiger partial charge in [0, 0.05) is 32.2 Å². The fourth-order valence-corrected chi connectivity index (χ4v) is 2.77. The molecule has 1 aliphatic heterocycles. The number of halogens is 3. The van der Waals surface area contributed by atoms with E-state index in [2.05, 4.69) is 10.6 Å². The van der Waals surface area contributed by atoms with E-state index in [-0.39, 0.29) is 24.2 Å². The number of alkyl halides is 3. The van der Waals surface area contributed by atoms with Crippen molar-refractivity contribution < 1.29 is 22.8 Å². The number of nitrogens with one attached hydrogen (secondary N) is 2. The molecule has 0 aromatic heterocycles. The van der Waals surface area contributed by atoms with E-state index in [0.29, 0.717) is 26.2 Å². The van der Waals surface area contributed by atoms with Gasteiger partial charge in [0.1, 0.15) is 0 Å². The fourth-order valence-electron chi connectivity index (χ4n) is 2.77. The molecule has 0 radical (unpaired) electrons. The Balaban J connectivity index is 1.86. The van der Waals surface area contributed by atoms with Gasteiger partial charge in [0.2, 0.25) is 5.91 Å². The van der Waals surface area contributed by atoms with Crippen molar-refractivity contribution in [3.05, 3.63) is 29.8 Å². The third-order valence-electron chi connectivity index (χ3n) is 4.52. The second kappa shape index (κ2) is 9.07. The first-order valence-electron chi connectivity index (χ1n) is 8.94. The van der Waals surface area contributed by atoms with Crippen LogP contribution in [0.1, 0.15) is 25.8 Å². The van der Waals surface area contributed by atoms with Crippen LogP contribution in [0.15, 0.2) is 24.3 Å². The smallest absolute Gasteiger partial charge is 0.353 e. The van der Waals surface area contributed by atoms with Crippen LogP contribution in [0.5, 0.6) is 0 Å². The minimum atomic E-state index is -4.54. The van der Waals surface area contributed by atoms with Crippen molar-refractivity contribution in [3.63, 3.8) is 0 Å². The third kappa shape index (κ3) is 6.13. The van der Waals surface area contributed by atoms with Crippen LogP contribution in [-0.4, -0.2) is 60.5 Å². The molecule has 2 rings (SSSR count). The molecule has 1 fully saturated rings. The molecule has 0 saturated carbocycles. The number of hydrogen-bond donors (Lipinski definition) is 2. The zero-order chi connectivity index (χ0) is 20.0. The molecule has 0 bridgehead atoms. The maximum Gasteiger partial charge on any atom is 0.418 e. The molecule has 3 amide bonds. The molecule has 1 aliphatic rings.